The van der Waals surface area contributed by atoms with Crippen molar-refractivity contribution in [1.29, 1.82) is 0 Å². The summed E-state index contributed by atoms with van der Waals surface area (Å²) in [5.74, 6) is 0.593. The summed E-state index contributed by atoms with van der Waals surface area (Å²) in [5, 5.41) is 25.6. The molecular weight excluding hydrogens is 420 g/mol. The molecule has 11 nitrogen and oxygen atoms in total. The number of nitrogens with one attached hydrogen (secondary N) is 1. The van der Waals surface area contributed by atoms with Gasteiger partial charge in [0.05, 0.1) is 16.1 Å². The molecule has 0 aliphatic rings. The van der Waals surface area contributed by atoms with E-state index in [0.29, 0.717) is 34.0 Å². The van der Waals surface area contributed by atoms with Crippen LogP contribution < -0.4 is 10.2 Å². The SMILES string of the molecule is Cc1cc([N+](=O)[O-])cc(C)c1OCC(=O)N/N=C/c1ccc(-c2cccc([N+](=O)[O-])c2)o1. The minimum absolute atomic E-state index is 0.0515. The van der Waals surface area contributed by atoms with Gasteiger partial charge in [-0.2, -0.15) is 5.10 Å². The highest BCUT2D eigenvalue weighted by molar-refractivity contribution is 5.81. The Morgan fingerprint density at radius 2 is 1.75 bits per heavy atom. The number of furan rings is 1. The van der Waals surface area contributed by atoms with Crippen LogP contribution in [0.2, 0.25) is 0 Å². The Balaban J connectivity index is 1.57. The molecule has 2 aromatic carbocycles. The number of nitrogens with zero attached hydrogens (tertiary/aromatic N) is 3. The maximum absolute atomic E-state index is 12.0. The largest absolute Gasteiger partial charge is 0.483 e. The lowest BCUT2D eigenvalue weighted by Crippen LogP contribution is -2.25. The average Bonchev–Trinajstić information content (AvgIpc) is 3.22. The van der Waals surface area contributed by atoms with E-state index in [1.807, 2.05) is 0 Å². The van der Waals surface area contributed by atoms with Crippen molar-refractivity contribution >= 4 is 23.5 Å². The second-order valence-electron chi connectivity index (χ2n) is 6.76. The van der Waals surface area contributed by atoms with Crippen molar-refractivity contribution < 1.29 is 23.8 Å². The molecular formula is C21H18N4O7. The van der Waals surface area contributed by atoms with E-state index < -0.39 is 15.8 Å². The molecule has 0 saturated carbocycles. The van der Waals surface area contributed by atoms with Crippen LogP contribution in [0.1, 0.15) is 16.9 Å². The number of non-ortho nitro benzene ring substituents is 2. The molecule has 0 saturated heterocycles. The molecule has 0 fully saturated rings. The van der Waals surface area contributed by atoms with Gasteiger partial charge >= 0.3 is 0 Å². The fourth-order valence-electron chi connectivity index (χ4n) is 2.95. The number of amides is 1. The fourth-order valence-corrected chi connectivity index (χ4v) is 2.95. The van der Waals surface area contributed by atoms with Crippen molar-refractivity contribution in [1.82, 2.24) is 5.43 Å². The summed E-state index contributed by atoms with van der Waals surface area (Å²) in [6.07, 6.45) is 1.28. The third-order valence-electron chi connectivity index (χ3n) is 4.35. The van der Waals surface area contributed by atoms with Crippen LogP contribution in [0.4, 0.5) is 11.4 Å². The summed E-state index contributed by atoms with van der Waals surface area (Å²) in [6, 6.07) is 12.0. The van der Waals surface area contributed by atoms with Gasteiger partial charge in [-0.1, -0.05) is 12.1 Å². The topological polar surface area (TPSA) is 150 Å². The standard InChI is InChI=1S/C21H18N4O7/c1-13-8-17(25(29)30)9-14(2)21(13)31-12-20(26)23-22-11-18-6-7-19(32-18)15-4-3-5-16(10-15)24(27)28/h3-11H,12H2,1-2H3,(H,23,26)/b22-11+. The first-order chi connectivity index (χ1) is 15.2. The average molecular weight is 438 g/mol. The lowest BCUT2D eigenvalue weighted by Gasteiger charge is -2.11. The Labute approximate surface area is 181 Å². The third kappa shape index (κ3) is 5.33. The van der Waals surface area contributed by atoms with E-state index in [2.05, 4.69) is 10.5 Å². The van der Waals surface area contributed by atoms with E-state index in [0.717, 1.165) is 0 Å². The lowest BCUT2D eigenvalue weighted by molar-refractivity contribution is -0.385. The van der Waals surface area contributed by atoms with Crippen LogP contribution >= 0.6 is 0 Å². The Kier molecular flexibility index (Phi) is 6.59. The molecule has 0 bridgehead atoms. The summed E-state index contributed by atoms with van der Waals surface area (Å²) >= 11 is 0. The fraction of sp³-hybridized carbons (Fsp3) is 0.143. The molecule has 0 spiro atoms. The monoisotopic (exact) mass is 438 g/mol. The number of benzene rings is 2. The van der Waals surface area contributed by atoms with Gasteiger partial charge in [-0.25, -0.2) is 5.43 Å². The first-order valence-corrected chi connectivity index (χ1v) is 9.29. The van der Waals surface area contributed by atoms with Crippen molar-refractivity contribution in [2.45, 2.75) is 13.8 Å². The van der Waals surface area contributed by atoms with Crippen LogP contribution in [-0.4, -0.2) is 28.6 Å². The van der Waals surface area contributed by atoms with E-state index in [9.17, 15) is 25.0 Å². The van der Waals surface area contributed by atoms with Crippen molar-refractivity contribution in [2.24, 2.45) is 5.10 Å². The second kappa shape index (κ2) is 9.51. The van der Waals surface area contributed by atoms with Crippen LogP contribution in [0.5, 0.6) is 5.75 Å². The predicted octanol–water partition coefficient (Wildman–Crippen LogP) is 3.91. The predicted molar refractivity (Wildman–Crippen MR) is 115 cm³/mol. The van der Waals surface area contributed by atoms with Gasteiger partial charge < -0.3 is 9.15 Å². The zero-order chi connectivity index (χ0) is 23.3. The first kappa shape index (κ1) is 22.2. The van der Waals surface area contributed by atoms with Gasteiger partial charge in [-0.3, -0.25) is 25.0 Å². The highest BCUT2D eigenvalue weighted by Gasteiger charge is 2.14. The van der Waals surface area contributed by atoms with Crippen LogP contribution in [0.15, 0.2) is 58.0 Å². The molecule has 1 N–H and O–H groups in total. The zero-order valence-electron chi connectivity index (χ0n) is 17.1. The van der Waals surface area contributed by atoms with E-state index in [4.69, 9.17) is 9.15 Å². The van der Waals surface area contributed by atoms with Gasteiger partial charge in [0.2, 0.25) is 0 Å². The summed E-state index contributed by atoms with van der Waals surface area (Å²) in [4.78, 5) is 32.8. The maximum atomic E-state index is 12.0. The van der Waals surface area contributed by atoms with Gasteiger partial charge in [0.15, 0.2) is 6.61 Å². The van der Waals surface area contributed by atoms with E-state index in [1.165, 1.54) is 30.5 Å². The highest BCUT2D eigenvalue weighted by atomic mass is 16.6. The number of hydrogen-bond acceptors (Lipinski definition) is 8. The molecule has 0 radical (unpaired) electrons. The second-order valence-corrected chi connectivity index (χ2v) is 6.76. The third-order valence-corrected chi connectivity index (χ3v) is 4.35. The normalized spacial score (nSPS) is 10.8. The number of rotatable bonds is 8. The van der Waals surface area contributed by atoms with Gasteiger partial charge in [-0.05, 0) is 37.1 Å². The van der Waals surface area contributed by atoms with E-state index >= 15 is 0 Å². The molecule has 11 heteroatoms. The van der Waals surface area contributed by atoms with Crippen LogP contribution in [0.25, 0.3) is 11.3 Å². The highest BCUT2D eigenvalue weighted by Crippen LogP contribution is 2.28. The van der Waals surface area contributed by atoms with Crippen molar-refractivity contribution in [3.05, 3.63) is 85.6 Å². The van der Waals surface area contributed by atoms with Crippen LogP contribution in [0.3, 0.4) is 0 Å². The number of carbonyl (C=O) groups is 1. The molecule has 0 aliphatic carbocycles. The summed E-state index contributed by atoms with van der Waals surface area (Å²) in [6.45, 7) is 2.97. The smallest absolute Gasteiger partial charge is 0.277 e. The van der Waals surface area contributed by atoms with E-state index in [-0.39, 0.29) is 18.0 Å². The molecule has 1 aromatic heterocycles. The number of carbonyl (C=O) groups excluding carboxylic acids is 1. The Hall–Kier alpha value is -4.54. The lowest BCUT2D eigenvalue weighted by atomic mass is 10.1. The number of nitro benzene ring substituents is 2. The number of nitro groups is 2. The molecule has 1 heterocycles. The van der Waals surface area contributed by atoms with Crippen molar-refractivity contribution in [3.63, 3.8) is 0 Å². The first-order valence-electron chi connectivity index (χ1n) is 9.29. The quantitative estimate of drug-likeness (QED) is 0.318. The molecule has 0 unspecified atom stereocenters. The Morgan fingerprint density at radius 3 is 2.41 bits per heavy atom. The van der Waals surface area contributed by atoms with Gasteiger partial charge in [0.25, 0.3) is 17.3 Å². The van der Waals surface area contributed by atoms with Crippen molar-refractivity contribution in [3.8, 4) is 17.1 Å². The Morgan fingerprint density at radius 1 is 1.06 bits per heavy atom. The van der Waals surface area contributed by atoms with Crippen LogP contribution in [0, 0.1) is 34.1 Å². The maximum Gasteiger partial charge on any atom is 0.277 e. The van der Waals surface area contributed by atoms with Gasteiger partial charge in [-0.15, -0.1) is 0 Å². The van der Waals surface area contributed by atoms with Gasteiger partial charge in [0.1, 0.15) is 17.3 Å². The number of ether oxygens (including phenoxy) is 1. The molecule has 0 aliphatic heterocycles. The summed E-state index contributed by atoms with van der Waals surface area (Å²) < 4.78 is 11.0. The zero-order valence-corrected chi connectivity index (χ0v) is 17.1. The van der Waals surface area contributed by atoms with Crippen LogP contribution in [-0.2, 0) is 4.79 Å². The molecule has 164 valence electrons. The molecule has 3 rings (SSSR count). The minimum Gasteiger partial charge on any atom is -0.483 e. The molecule has 3 aromatic rings. The minimum atomic E-state index is -0.538. The molecule has 32 heavy (non-hydrogen) atoms. The molecule has 1 amide bonds. The number of hydrogen-bond donors (Lipinski definition) is 1. The van der Waals surface area contributed by atoms with Crippen molar-refractivity contribution in [2.75, 3.05) is 6.61 Å². The molecule has 0 atom stereocenters. The summed E-state index contributed by atoms with van der Waals surface area (Å²) in [7, 11) is 0. The summed E-state index contributed by atoms with van der Waals surface area (Å²) in [5.41, 5.74) is 3.79. The number of aryl methyl sites for hydroxylation is 2. The number of hydrazone groups is 1. The Bertz CT molecular complexity index is 1190. The van der Waals surface area contributed by atoms with E-state index in [1.54, 1.807) is 38.1 Å². The van der Waals surface area contributed by atoms with Gasteiger partial charge in [0, 0.05) is 29.8 Å².